The number of carboxylic acid groups (broad SMARTS) is 1. The quantitative estimate of drug-likeness (QED) is 0.900. The van der Waals surface area contributed by atoms with E-state index in [1.54, 1.807) is 7.11 Å². The van der Waals surface area contributed by atoms with Gasteiger partial charge in [0.25, 0.3) is 0 Å². The van der Waals surface area contributed by atoms with Crippen LogP contribution in [0.4, 0.5) is 0 Å². The number of benzene rings is 1. The molecule has 2 atom stereocenters. The molecular weight excluding hydrogens is 306 g/mol. The van der Waals surface area contributed by atoms with Gasteiger partial charge in [0.1, 0.15) is 5.75 Å². The molecule has 2 fully saturated rings. The number of hydrogen-bond acceptors (Lipinski definition) is 3. The lowest BCUT2D eigenvalue weighted by molar-refractivity contribution is -0.157. The van der Waals surface area contributed by atoms with Gasteiger partial charge in [-0.05, 0) is 55.7 Å². The van der Waals surface area contributed by atoms with E-state index < -0.39 is 11.9 Å². The van der Waals surface area contributed by atoms with Crippen molar-refractivity contribution in [1.82, 2.24) is 4.90 Å². The monoisotopic (exact) mass is 331 g/mol. The molecule has 5 heteroatoms. The highest BCUT2D eigenvalue weighted by Crippen LogP contribution is 2.36. The smallest absolute Gasteiger partial charge is 0.307 e. The average Bonchev–Trinajstić information content (AvgIpc) is 2.54. The van der Waals surface area contributed by atoms with Crippen molar-refractivity contribution in [3.63, 3.8) is 0 Å². The summed E-state index contributed by atoms with van der Waals surface area (Å²) >= 11 is 0. The Bertz CT molecular complexity index is 590. The second kappa shape index (κ2) is 7.24. The predicted octanol–water partition coefficient (Wildman–Crippen LogP) is 2.59. The predicted molar refractivity (Wildman–Crippen MR) is 89.9 cm³/mol. The first-order chi connectivity index (χ1) is 11.6. The molecule has 1 aliphatic carbocycles. The summed E-state index contributed by atoms with van der Waals surface area (Å²) in [5.74, 6) is -0.0764. The molecule has 3 rings (SSSR count). The number of nitrogens with zero attached hydrogens (tertiary/aromatic N) is 1. The minimum absolute atomic E-state index is 0.0524. The van der Waals surface area contributed by atoms with Crippen molar-refractivity contribution in [3.8, 4) is 5.75 Å². The highest BCUT2D eigenvalue weighted by Gasteiger charge is 2.43. The van der Waals surface area contributed by atoms with Crippen molar-refractivity contribution < 1.29 is 19.4 Å². The van der Waals surface area contributed by atoms with E-state index >= 15 is 0 Å². The summed E-state index contributed by atoms with van der Waals surface area (Å²) in [6, 6.07) is 8.16. The maximum absolute atomic E-state index is 12.5. The molecule has 0 radical (unpaired) electrons. The number of carbonyl (C=O) groups excluding carboxylic acids is 1. The first kappa shape index (κ1) is 16.8. The zero-order chi connectivity index (χ0) is 17.1. The average molecular weight is 331 g/mol. The SMILES string of the molecule is COc1ccc(CC2CCN(C(=O)C3CCC3C(=O)O)CC2)cc1. The van der Waals surface area contributed by atoms with Gasteiger partial charge in [-0.1, -0.05) is 12.1 Å². The largest absolute Gasteiger partial charge is 0.497 e. The molecule has 1 saturated carbocycles. The number of carbonyl (C=O) groups is 2. The summed E-state index contributed by atoms with van der Waals surface area (Å²) in [5.41, 5.74) is 1.30. The Morgan fingerprint density at radius 3 is 2.21 bits per heavy atom. The van der Waals surface area contributed by atoms with Gasteiger partial charge >= 0.3 is 5.97 Å². The molecule has 0 spiro atoms. The Morgan fingerprint density at radius 2 is 1.71 bits per heavy atom. The number of aliphatic carboxylic acids is 1. The molecule has 1 aliphatic heterocycles. The van der Waals surface area contributed by atoms with E-state index in [0.29, 0.717) is 12.3 Å². The maximum atomic E-state index is 12.5. The van der Waals surface area contributed by atoms with Crippen LogP contribution in [0.5, 0.6) is 5.75 Å². The highest BCUT2D eigenvalue weighted by atomic mass is 16.5. The van der Waals surface area contributed by atoms with E-state index in [4.69, 9.17) is 9.84 Å². The number of piperidine rings is 1. The van der Waals surface area contributed by atoms with Gasteiger partial charge in [-0.15, -0.1) is 0 Å². The lowest BCUT2D eigenvalue weighted by Crippen LogP contribution is -2.48. The van der Waals surface area contributed by atoms with Gasteiger partial charge < -0.3 is 14.7 Å². The normalized spacial score (nSPS) is 24.3. The molecule has 2 unspecified atom stereocenters. The molecule has 24 heavy (non-hydrogen) atoms. The highest BCUT2D eigenvalue weighted by molar-refractivity contribution is 5.86. The van der Waals surface area contributed by atoms with E-state index in [1.165, 1.54) is 5.56 Å². The number of methoxy groups -OCH3 is 1. The van der Waals surface area contributed by atoms with Gasteiger partial charge in [0, 0.05) is 13.1 Å². The zero-order valence-electron chi connectivity index (χ0n) is 14.1. The van der Waals surface area contributed by atoms with Crippen LogP contribution in [0.1, 0.15) is 31.2 Å². The molecular formula is C19H25NO4. The fraction of sp³-hybridized carbons (Fsp3) is 0.579. The number of amides is 1. The van der Waals surface area contributed by atoms with Crippen LogP contribution in [0, 0.1) is 17.8 Å². The molecule has 1 aromatic carbocycles. The second-order valence-electron chi connectivity index (χ2n) is 6.95. The van der Waals surface area contributed by atoms with Crippen molar-refractivity contribution in [1.29, 1.82) is 0 Å². The first-order valence-electron chi connectivity index (χ1n) is 8.73. The second-order valence-corrected chi connectivity index (χ2v) is 6.95. The molecule has 1 saturated heterocycles. The molecule has 130 valence electrons. The van der Waals surface area contributed by atoms with Crippen LogP contribution >= 0.6 is 0 Å². The summed E-state index contributed by atoms with van der Waals surface area (Å²) in [7, 11) is 1.67. The van der Waals surface area contributed by atoms with Crippen molar-refractivity contribution in [3.05, 3.63) is 29.8 Å². The van der Waals surface area contributed by atoms with E-state index in [9.17, 15) is 9.59 Å². The molecule has 1 amide bonds. The molecule has 1 aromatic rings. The maximum Gasteiger partial charge on any atom is 0.307 e. The van der Waals surface area contributed by atoms with Gasteiger partial charge in [0.2, 0.25) is 5.91 Å². The summed E-state index contributed by atoms with van der Waals surface area (Å²) in [6.45, 7) is 1.50. The van der Waals surface area contributed by atoms with Gasteiger partial charge in [0.15, 0.2) is 0 Å². The lowest BCUT2D eigenvalue weighted by atomic mass is 9.72. The van der Waals surface area contributed by atoms with Crippen LogP contribution in [0.25, 0.3) is 0 Å². The molecule has 1 heterocycles. The summed E-state index contributed by atoms with van der Waals surface area (Å²) in [6.07, 6.45) is 4.36. The Hall–Kier alpha value is -2.04. The van der Waals surface area contributed by atoms with E-state index in [2.05, 4.69) is 12.1 Å². The van der Waals surface area contributed by atoms with Gasteiger partial charge in [-0.3, -0.25) is 9.59 Å². The molecule has 0 aromatic heterocycles. The minimum Gasteiger partial charge on any atom is -0.497 e. The third kappa shape index (κ3) is 3.55. The Labute approximate surface area is 142 Å². The fourth-order valence-electron chi connectivity index (χ4n) is 3.78. The van der Waals surface area contributed by atoms with Crippen LogP contribution < -0.4 is 4.74 Å². The molecule has 0 bridgehead atoms. The topological polar surface area (TPSA) is 66.8 Å². The van der Waals surface area contributed by atoms with Crippen LogP contribution in [-0.2, 0) is 16.0 Å². The number of carboxylic acids is 1. The molecule has 1 N–H and O–H groups in total. The Kier molecular flexibility index (Phi) is 5.07. The summed E-state index contributed by atoms with van der Waals surface area (Å²) in [5, 5.41) is 9.11. The van der Waals surface area contributed by atoms with Crippen LogP contribution in [-0.4, -0.2) is 42.1 Å². The molecule has 5 nitrogen and oxygen atoms in total. The standard InChI is InChI=1S/C19H25NO4/c1-24-15-4-2-13(3-5-15)12-14-8-10-20(11-9-14)18(21)16-6-7-17(16)19(22)23/h2-5,14,16-17H,6-12H2,1H3,(H,22,23). The third-order valence-corrected chi connectivity index (χ3v) is 5.52. The van der Waals surface area contributed by atoms with Gasteiger partial charge in [0.05, 0.1) is 18.9 Å². The number of rotatable bonds is 5. The Balaban J connectivity index is 1.48. The number of likely N-dealkylation sites (tertiary alicyclic amines) is 1. The third-order valence-electron chi connectivity index (χ3n) is 5.52. The van der Waals surface area contributed by atoms with Crippen molar-refractivity contribution in [2.75, 3.05) is 20.2 Å². The fourth-order valence-corrected chi connectivity index (χ4v) is 3.78. The summed E-state index contributed by atoms with van der Waals surface area (Å²) in [4.78, 5) is 25.5. The first-order valence-corrected chi connectivity index (χ1v) is 8.73. The molecule has 2 aliphatic rings. The lowest BCUT2D eigenvalue weighted by Gasteiger charge is -2.39. The number of ether oxygens (including phenoxy) is 1. The van der Waals surface area contributed by atoms with E-state index in [-0.39, 0.29) is 11.8 Å². The van der Waals surface area contributed by atoms with Gasteiger partial charge in [-0.25, -0.2) is 0 Å². The van der Waals surface area contributed by atoms with Crippen molar-refractivity contribution in [2.24, 2.45) is 17.8 Å². The number of hydrogen-bond donors (Lipinski definition) is 1. The van der Waals surface area contributed by atoms with Crippen LogP contribution in [0.3, 0.4) is 0 Å². The van der Waals surface area contributed by atoms with E-state index in [0.717, 1.165) is 44.5 Å². The van der Waals surface area contributed by atoms with E-state index in [1.807, 2.05) is 17.0 Å². The zero-order valence-corrected chi connectivity index (χ0v) is 14.1. The summed E-state index contributed by atoms with van der Waals surface area (Å²) < 4.78 is 5.18. The Morgan fingerprint density at radius 1 is 1.08 bits per heavy atom. The van der Waals surface area contributed by atoms with Crippen LogP contribution in [0.15, 0.2) is 24.3 Å². The van der Waals surface area contributed by atoms with Gasteiger partial charge in [-0.2, -0.15) is 0 Å². The van der Waals surface area contributed by atoms with Crippen LogP contribution in [0.2, 0.25) is 0 Å². The minimum atomic E-state index is -0.825. The van der Waals surface area contributed by atoms with Crippen molar-refractivity contribution in [2.45, 2.75) is 32.1 Å². The van der Waals surface area contributed by atoms with Crippen molar-refractivity contribution >= 4 is 11.9 Å².